The van der Waals surface area contributed by atoms with Crippen molar-refractivity contribution in [2.75, 3.05) is 33.2 Å². The zero-order chi connectivity index (χ0) is 20.6. The first kappa shape index (κ1) is 20.7. The summed E-state index contributed by atoms with van der Waals surface area (Å²) in [6.45, 7) is 4.88. The van der Waals surface area contributed by atoms with E-state index in [9.17, 15) is 9.59 Å². The molecule has 3 rings (SSSR count). The lowest BCUT2D eigenvalue weighted by molar-refractivity contribution is -0.131. The largest absolute Gasteiger partial charge is 0.478 e. The van der Waals surface area contributed by atoms with Gasteiger partial charge in [0.15, 0.2) is 5.78 Å². The maximum atomic E-state index is 12.8. The minimum Gasteiger partial charge on any atom is -0.478 e. The second-order valence-electron chi connectivity index (χ2n) is 7.28. The third-order valence-electron chi connectivity index (χ3n) is 5.03. The first-order valence-corrected chi connectivity index (χ1v) is 9.73. The highest BCUT2D eigenvalue weighted by Gasteiger charge is 2.16. The summed E-state index contributed by atoms with van der Waals surface area (Å²) in [5.41, 5.74) is 3.40. The lowest BCUT2D eigenvalue weighted by Gasteiger charge is -2.32. The molecule has 1 aliphatic heterocycles. The summed E-state index contributed by atoms with van der Waals surface area (Å²) >= 11 is 0. The van der Waals surface area contributed by atoms with Crippen LogP contribution in [0.2, 0.25) is 0 Å². The smallest absolute Gasteiger partial charge is 0.328 e. The van der Waals surface area contributed by atoms with Gasteiger partial charge < -0.3 is 10.0 Å². The molecule has 0 aliphatic carbocycles. The van der Waals surface area contributed by atoms with Gasteiger partial charge in [0.2, 0.25) is 0 Å². The number of carbonyl (C=O) groups excluding carboxylic acids is 1. The zero-order valence-electron chi connectivity index (χ0n) is 16.6. The van der Waals surface area contributed by atoms with Crippen LogP contribution in [0.5, 0.6) is 0 Å². The van der Waals surface area contributed by atoms with Gasteiger partial charge in [-0.25, -0.2) is 4.79 Å². The van der Waals surface area contributed by atoms with Crippen molar-refractivity contribution in [2.24, 2.45) is 0 Å². The molecule has 0 aromatic heterocycles. The van der Waals surface area contributed by atoms with Crippen LogP contribution in [0.25, 0.3) is 12.2 Å². The van der Waals surface area contributed by atoms with Gasteiger partial charge in [0.25, 0.3) is 0 Å². The molecule has 0 spiro atoms. The van der Waals surface area contributed by atoms with E-state index in [1.165, 1.54) is 6.08 Å². The van der Waals surface area contributed by atoms with E-state index in [0.29, 0.717) is 0 Å². The molecule has 1 fully saturated rings. The number of carboxylic acid groups (broad SMARTS) is 1. The molecule has 1 aliphatic rings. The van der Waals surface area contributed by atoms with Crippen molar-refractivity contribution in [3.8, 4) is 0 Å². The Morgan fingerprint density at radius 1 is 0.931 bits per heavy atom. The number of aliphatic carboxylic acids is 1. The number of carboxylic acids is 1. The SMILES string of the molecule is CN1CCN(Cc2ccccc2C(=O)C=Cc2cccc(C=CC(=O)O)c2)CC1. The number of hydrogen-bond acceptors (Lipinski definition) is 4. The summed E-state index contributed by atoms with van der Waals surface area (Å²) in [5.74, 6) is -1.01. The molecule has 29 heavy (non-hydrogen) atoms. The number of piperazine rings is 1. The summed E-state index contributed by atoms with van der Waals surface area (Å²) in [4.78, 5) is 28.2. The van der Waals surface area contributed by atoms with Crippen LogP contribution in [0, 0.1) is 0 Å². The Morgan fingerprint density at radius 2 is 1.59 bits per heavy atom. The van der Waals surface area contributed by atoms with E-state index in [2.05, 4.69) is 16.8 Å². The van der Waals surface area contributed by atoms with Gasteiger partial charge in [-0.1, -0.05) is 48.5 Å². The first-order chi connectivity index (χ1) is 14.0. The molecule has 2 aromatic rings. The predicted octanol–water partition coefficient (Wildman–Crippen LogP) is 3.43. The van der Waals surface area contributed by atoms with Gasteiger partial charge in [0, 0.05) is 44.4 Å². The minimum atomic E-state index is -0.988. The second kappa shape index (κ2) is 9.96. The van der Waals surface area contributed by atoms with Gasteiger partial charge in [-0.3, -0.25) is 9.69 Å². The van der Waals surface area contributed by atoms with Crippen LogP contribution in [0.1, 0.15) is 27.0 Å². The topological polar surface area (TPSA) is 60.9 Å². The van der Waals surface area contributed by atoms with Gasteiger partial charge >= 0.3 is 5.97 Å². The molecule has 0 bridgehead atoms. The molecule has 0 unspecified atom stereocenters. The van der Waals surface area contributed by atoms with E-state index in [1.807, 2.05) is 48.5 Å². The Balaban J connectivity index is 1.71. The summed E-state index contributed by atoms with van der Waals surface area (Å²) in [6, 6.07) is 15.2. The number of hydrogen-bond donors (Lipinski definition) is 1. The highest BCUT2D eigenvalue weighted by Crippen LogP contribution is 2.16. The number of carbonyl (C=O) groups is 2. The number of rotatable bonds is 7. The van der Waals surface area contributed by atoms with Crippen molar-refractivity contribution in [1.82, 2.24) is 9.80 Å². The Bertz CT molecular complexity index is 925. The predicted molar refractivity (Wildman–Crippen MR) is 116 cm³/mol. The van der Waals surface area contributed by atoms with Gasteiger partial charge in [0.1, 0.15) is 0 Å². The first-order valence-electron chi connectivity index (χ1n) is 9.73. The van der Waals surface area contributed by atoms with E-state index in [0.717, 1.165) is 61.1 Å². The molecule has 2 aromatic carbocycles. The molecular formula is C24H26N2O3. The van der Waals surface area contributed by atoms with E-state index in [1.54, 1.807) is 12.2 Å². The standard InChI is InChI=1S/C24H26N2O3/c1-25-13-15-26(16-14-25)18-21-7-2-3-8-22(21)23(27)11-9-19-5-4-6-20(17-19)10-12-24(28)29/h2-12,17H,13-16,18H2,1H3,(H,28,29). The van der Waals surface area contributed by atoms with E-state index in [4.69, 9.17) is 5.11 Å². The Kier molecular flexibility index (Phi) is 7.11. The van der Waals surface area contributed by atoms with E-state index in [-0.39, 0.29) is 5.78 Å². The number of benzene rings is 2. The lowest BCUT2D eigenvalue weighted by Crippen LogP contribution is -2.44. The Labute approximate surface area is 171 Å². The lowest BCUT2D eigenvalue weighted by atomic mass is 10.0. The number of likely N-dealkylation sites (N-methyl/N-ethyl adjacent to an activating group) is 1. The monoisotopic (exact) mass is 390 g/mol. The van der Waals surface area contributed by atoms with Crippen LogP contribution >= 0.6 is 0 Å². The van der Waals surface area contributed by atoms with Crippen molar-refractivity contribution < 1.29 is 14.7 Å². The number of ketones is 1. The molecule has 1 heterocycles. The van der Waals surface area contributed by atoms with Gasteiger partial charge in [-0.15, -0.1) is 0 Å². The maximum absolute atomic E-state index is 12.8. The van der Waals surface area contributed by atoms with Gasteiger partial charge in [-0.2, -0.15) is 0 Å². The van der Waals surface area contributed by atoms with Gasteiger partial charge in [-0.05, 0) is 42.0 Å². The Morgan fingerprint density at radius 3 is 2.28 bits per heavy atom. The van der Waals surface area contributed by atoms with Crippen molar-refractivity contribution in [1.29, 1.82) is 0 Å². The normalized spacial score (nSPS) is 15.9. The fourth-order valence-electron chi connectivity index (χ4n) is 3.34. The molecular weight excluding hydrogens is 364 g/mol. The summed E-state index contributed by atoms with van der Waals surface area (Å²) in [7, 11) is 2.13. The third-order valence-corrected chi connectivity index (χ3v) is 5.03. The van der Waals surface area contributed by atoms with Crippen molar-refractivity contribution in [2.45, 2.75) is 6.54 Å². The fraction of sp³-hybridized carbons (Fsp3) is 0.250. The van der Waals surface area contributed by atoms with Crippen LogP contribution in [-0.2, 0) is 11.3 Å². The molecule has 1 saturated heterocycles. The molecule has 5 heteroatoms. The summed E-state index contributed by atoms with van der Waals surface area (Å²) in [5, 5.41) is 8.75. The molecule has 0 radical (unpaired) electrons. The van der Waals surface area contributed by atoms with E-state index >= 15 is 0 Å². The van der Waals surface area contributed by atoms with Crippen LogP contribution in [0.15, 0.2) is 60.7 Å². The molecule has 1 N–H and O–H groups in total. The minimum absolute atomic E-state index is 0.0267. The zero-order valence-corrected chi connectivity index (χ0v) is 16.6. The highest BCUT2D eigenvalue weighted by atomic mass is 16.4. The number of nitrogens with zero attached hydrogens (tertiary/aromatic N) is 2. The second-order valence-corrected chi connectivity index (χ2v) is 7.28. The highest BCUT2D eigenvalue weighted by molar-refractivity contribution is 6.07. The number of allylic oxidation sites excluding steroid dienone is 1. The van der Waals surface area contributed by atoms with Gasteiger partial charge in [0.05, 0.1) is 0 Å². The van der Waals surface area contributed by atoms with E-state index < -0.39 is 5.97 Å². The molecule has 5 nitrogen and oxygen atoms in total. The molecule has 0 atom stereocenters. The fourth-order valence-corrected chi connectivity index (χ4v) is 3.34. The molecule has 0 amide bonds. The van der Waals surface area contributed by atoms with Crippen molar-refractivity contribution in [3.63, 3.8) is 0 Å². The average molecular weight is 390 g/mol. The summed E-state index contributed by atoms with van der Waals surface area (Å²) < 4.78 is 0. The van der Waals surface area contributed by atoms with Crippen molar-refractivity contribution >= 4 is 23.9 Å². The molecule has 0 saturated carbocycles. The van der Waals surface area contributed by atoms with Crippen LogP contribution in [0.4, 0.5) is 0 Å². The third kappa shape index (κ3) is 6.24. The quantitative estimate of drug-likeness (QED) is 0.580. The maximum Gasteiger partial charge on any atom is 0.328 e. The Hall–Kier alpha value is -3.02. The van der Waals surface area contributed by atoms with Crippen molar-refractivity contribution in [3.05, 3.63) is 82.9 Å². The van der Waals surface area contributed by atoms with Crippen LogP contribution < -0.4 is 0 Å². The van der Waals surface area contributed by atoms with Crippen LogP contribution in [-0.4, -0.2) is 59.9 Å². The van der Waals surface area contributed by atoms with Crippen LogP contribution in [0.3, 0.4) is 0 Å². The molecule has 150 valence electrons. The summed E-state index contributed by atoms with van der Waals surface area (Å²) in [6.07, 6.45) is 5.99. The average Bonchev–Trinajstić information content (AvgIpc) is 2.73.